The standard InChI is InChI=1S/C14H24N2O/c1-10-8-13(12(3)17-10)11(2)16-7-6-15-14(4,5)9-16/h8,11,15H,6-7,9H2,1-5H3. The zero-order valence-corrected chi connectivity index (χ0v) is 11.6. The van der Waals surface area contributed by atoms with Crippen molar-refractivity contribution in [3.8, 4) is 0 Å². The molecule has 1 aliphatic rings. The number of rotatable bonds is 2. The molecule has 0 radical (unpaired) electrons. The van der Waals surface area contributed by atoms with Crippen LogP contribution in [0.2, 0.25) is 0 Å². The molecule has 1 unspecified atom stereocenters. The Hall–Kier alpha value is -0.800. The topological polar surface area (TPSA) is 28.4 Å². The number of nitrogens with zero attached hydrogens (tertiary/aromatic N) is 1. The molecule has 1 aromatic heterocycles. The van der Waals surface area contributed by atoms with Crippen molar-refractivity contribution in [2.24, 2.45) is 0 Å². The summed E-state index contributed by atoms with van der Waals surface area (Å²) in [6, 6.07) is 2.61. The van der Waals surface area contributed by atoms with E-state index in [4.69, 9.17) is 4.42 Å². The van der Waals surface area contributed by atoms with E-state index in [-0.39, 0.29) is 5.54 Å². The van der Waals surface area contributed by atoms with Crippen molar-refractivity contribution < 1.29 is 4.42 Å². The molecule has 0 aliphatic carbocycles. The SMILES string of the molecule is Cc1cc(C(C)N2CCNC(C)(C)C2)c(C)o1. The molecule has 0 aromatic carbocycles. The first-order chi connectivity index (χ1) is 7.89. The Morgan fingerprint density at radius 2 is 2.12 bits per heavy atom. The summed E-state index contributed by atoms with van der Waals surface area (Å²) in [5, 5.41) is 3.55. The zero-order valence-electron chi connectivity index (χ0n) is 11.6. The van der Waals surface area contributed by atoms with E-state index in [1.165, 1.54) is 5.56 Å². The summed E-state index contributed by atoms with van der Waals surface area (Å²) in [4.78, 5) is 2.54. The van der Waals surface area contributed by atoms with E-state index in [1.807, 2.05) is 6.92 Å². The summed E-state index contributed by atoms with van der Waals surface area (Å²) >= 11 is 0. The van der Waals surface area contributed by atoms with Crippen LogP contribution >= 0.6 is 0 Å². The number of piperazine rings is 1. The van der Waals surface area contributed by atoms with E-state index in [9.17, 15) is 0 Å². The molecule has 0 saturated carbocycles. The lowest BCUT2D eigenvalue weighted by molar-refractivity contribution is 0.116. The quantitative estimate of drug-likeness (QED) is 0.855. The van der Waals surface area contributed by atoms with Gasteiger partial charge in [0.25, 0.3) is 0 Å². The zero-order chi connectivity index (χ0) is 12.6. The maximum absolute atomic E-state index is 5.64. The van der Waals surface area contributed by atoms with E-state index in [2.05, 4.69) is 44.0 Å². The predicted octanol–water partition coefficient (Wildman–Crippen LogP) is 2.64. The number of hydrogen-bond donors (Lipinski definition) is 1. The second-order valence-corrected chi connectivity index (χ2v) is 5.83. The minimum atomic E-state index is 0.208. The van der Waals surface area contributed by atoms with E-state index >= 15 is 0 Å². The van der Waals surface area contributed by atoms with Crippen molar-refractivity contribution >= 4 is 0 Å². The minimum absolute atomic E-state index is 0.208. The highest BCUT2D eigenvalue weighted by Gasteiger charge is 2.29. The fourth-order valence-corrected chi connectivity index (χ4v) is 2.77. The Labute approximate surface area is 104 Å². The van der Waals surface area contributed by atoms with E-state index < -0.39 is 0 Å². The van der Waals surface area contributed by atoms with Gasteiger partial charge in [-0.3, -0.25) is 4.90 Å². The molecule has 0 bridgehead atoms. The van der Waals surface area contributed by atoms with Crippen molar-refractivity contribution in [1.29, 1.82) is 0 Å². The smallest absolute Gasteiger partial charge is 0.105 e. The highest BCUT2D eigenvalue weighted by Crippen LogP contribution is 2.28. The second-order valence-electron chi connectivity index (χ2n) is 5.83. The van der Waals surface area contributed by atoms with Gasteiger partial charge in [0.2, 0.25) is 0 Å². The molecule has 17 heavy (non-hydrogen) atoms. The molecule has 3 heteroatoms. The van der Waals surface area contributed by atoms with E-state index in [0.717, 1.165) is 31.2 Å². The summed E-state index contributed by atoms with van der Waals surface area (Å²) in [7, 11) is 0. The maximum Gasteiger partial charge on any atom is 0.105 e. The Morgan fingerprint density at radius 3 is 2.65 bits per heavy atom. The van der Waals surface area contributed by atoms with Gasteiger partial charge in [-0.1, -0.05) is 0 Å². The molecule has 1 aliphatic heterocycles. The molecular formula is C14H24N2O. The third-order valence-corrected chi connectivity index (χ3v) is 3.68. The lowest BCUT2D eigenvalue weighted by Crippen LogP contribution is -2.57. The Kier molecular flexibility index (Phi) is 3.32. The molecule has 1 N–H and O–H groups in total. The summed E-state index contributed by atoms with van der Waals surface area (Å²) in [6.07, 6.45) is 0. The van der Waals surface area contributed by atoms with Gasteiger partial charge in [-0.2, -0.15) is 0 Å². The third kappa shape index (κ3) is 2.72. The van der Waals surface area contributed by atoms with E-state index in [0.29, 0.717) is 6.04 Å². The fraction of sp³-hybridized carbons (Fsp3) is 0.714. The first-order valence-corrected chi connectivity index (χ1v) is 6.45. The van der Waals surface area contributed by atoms with Crippen LogP contribution in [0.4, 0.5) is 0 Å². The van der Waals surface area contributed by atoms with Crippen molar-refractivity contribution in [2.45, 2.75) is 46.2 Å². The van der Waals surface area contributed by atoms with Gasteiger partial charge in [-0.25, -0.2) is 0 Å². The normalized spacial score (nSPS) is 22.6. The van der Waals surface area contributed by atoms with Crippen LogP contribution < -0.4 is 5.32 Å². The lowest BCUT2D eigenvalue weighted by Gasteiger charge is -2.42. The molecule has 0 amide bonds. The van der Waals surface area contributed by atoms with Crippen molar-refractivity contribution in [2.75, 3.05) is 19.6 Å². The molecule has 1 fully saturated rings. The molecule has 1 saturated heterocycles. The number of aryl methyl sites for hydroxylation is 2. The van der Waals surface area contributed by atoms with Gasteiger partial charge < -0.3 is 9.73 Å². The van der Waals surface area contributed by atoms with Gasteiger partial charge in [0, 0.05) is 36.8 Å². The van der Waals surface area contributed by atoms with Gasteiger partial charge >= 0.3 is 0 Å². The van der Waals surface area contributed by atoms with Crippen LogP contribution in [-0.4, -0.2) is 30.1 Å². The van der Waals surface area contributed by atoms with Gasteiger partial charge in [0.15, 0.2) is 0 Å². The van der Waals surface area contributed by atoms with Gasteiger partial charge in [-0.15, -0.1) is 0 Å². The van der Waals surface area contributed by atoms with E-state index in [1.54, 1.807) is 0 Å². The molecule has 96 valence electrons. The monoisotopic (exact) mass is 236 g/mol. The highest BCUT2D eigenvalue weighted by molar-refractivity contribution is 5.23. The second kappa shape index (κ2) is 4.46. The van der Waals surface area contributed by atoms with Crippen LogP contribution in [0, 0.1) is 13.8 Å². The average Bonchev–Trinajstić information content (AvgIpc) is 2.55. The lowest BCUT2D eigenvalue weighted by atomic mass is 9.98. The molecule has 1 atom stereocenters. The fourth-order valence-electron chi connectivity index (χ4n) is 2.77. The van der Waals surface area contributed by atoms with Crippen molar-refractivity contribution in [3.05, 3.63) is 23.2 Å². The number of hydrogen-bond acceptors (Lipinski definition) is 3. The molecule has 1 aromatic rings. The maximum atomic E-state index is 5.64. The Balaban J connectivity index is 2.14. The Morgan fingerprint density at radius 1 is 1.41 bits per heavy atom. The predicted molar refractivity (Wildman–Crippen MR) is 70.3 cm³/mol. The van der Waals surface area contributed by atoms with Crippen LogP contribution in [0.5, 0.6) is 0 Å². The molecule has 2 rings (SSSR count). The van der Waals surface area contributed by atoms with Crippen LogP contribution in [0.15, 0.2) is 10.5 Å². The summed E-state index contributed by atoms with van der Waals surface area (Å²) in [5.41, 5.74) is 1.54. The molecular weight excluding hydrogens is 212 g/mol. The molecule has 2 heterocycles. The van der Waals surface area contributed by atoms with Crippen LogP contribution in [0.3, 0.4) is 0 Å². The Bertz CT molecular complexity index is 395. The third-order valence-electron chi connectivity index (χ3n) is 3.68. The van der Waals surface area contributed by atoms with Crippen LogP contribution in [-0.2, 0) is 0 Å². The van der Waals surface area contributed by atoms with Gasteiger partial charge in [-0.05, 0) is 40.7 Å². The summed E-state index contributed by atoms with van der Waals surface area (Å²) in [5.74, 6) is 2.07. The van der Waals surface area contributed by atoms with Crippen molar-refractivity contribution in [1.82, 2.24) is 10.2 Å². The van der Waals surface area contributed by atoms with Crippen molar-refractivity contribution in [3.63, 3.8) is 0 Å². The first-order valence-electron chi connectivity index (χ1n) is 6.45. The molecule has 0 spiro atoms. The average molecular weight is 236 g/mol. The first kappa shape index (κ1) is 12.7. The van der Waals surface area contributed by atoms with Crippen LogP contribution in [0.1, 0.15) is 43.9 Å². The number of nitrogens with one attached hydrogen (secondary N) is 1. The van der Waals surface area contributed by atoms with Crippen LogP contribution in [0.25, 0.3) is 0 Å². The molecule has 3 nitrogen and oxygen atoms in total. The number of furan rings is 1. The largest absolute Gasteiger partial charge is 0.466 e. The van der Waals surface area contributed by atoms with Gasteiger partial charge in [0.05, 0.1) is 0 Å². The highest BCUT2D eigenvalue weighted by atomic mass is 16.3. The summed E-state index contributed by atoms with van der Waals surface area (Å²) in [6.45, 7) is 14.1. The summed E-state index contributed by atoms with van der Waals surface area (Å²) < 4.78 is 5.64. The van der Waals surface area contributed by atoms with Gasteiger partial charge in [0.1, 0.15) is 11.5 Å². The minimum Gasteiger partial charge on any atom is -0.466 e.